The number of carbonyl (C=O) groups excluding carboxylic acids is 1. The minimum Gasteiger partial charge on any atom is -0.494 e. The summed E-state index contributed by atoms with van der Waals surface area (Å²) in [6.45, 7) is 2.85. The number of ether oxygens (including phenoxy) is 1. The van der Waals surface area contributed by atoms with Crippen molar-refractivity contribution < 1.29 is 14.4 Å². The minimum atomic E-state index is -0.420. The van der Waals surface area contributed by atoms with E-state index in [1.807, 2.05) is 41.8 Å². The lowest BCUT2D eigenvalue weighted by Crippen LogP contribution is -2.05. The molecule has 2 heterocycles. The second kappa shape index (κ2) is 7.24. The maximum atomic E-state index is 11.9. The normalized spacial score (nSPS) is 15.6. The van der Waals surface area contributed by atoms with Crippen LogP contribution < -0.4 is 4.74 Å². The second-order valence-corrected chi connectivity index (χ2v) is 6.07. The molecule has 1 aliphatic rings. The van der Waals surface area contributed by atoms with Crippen molar-refractivity contribution in [3.8, 4) is 5.75 Å². The van der Waals surface area contributed by atoms with Crippen LogP contribution in [-0.2, 0) is 9.63 Å². The molecule has 1 aliphatic heterocycles. The summed E-state index contributed by atoms with van der Waals surface area (Å²) in [5, 5.41) is 5.83. The van der Waals surface area contributed by atoms with Crippen molar-refractivity contribution in [2.24, 2.45) is 5.16 Å². The van der Waals surface area contributed by atoms with E-state index in [1.54, 1.807) is 6.08 Å². The molecule has 4 nitrogen and oxygen atoms in total. The van der Waals surface area contributed by atoms with Crippen molar-refractivity contribution >= 4 is 29.1 Å². The fraction of sp³-hybridized carbons (Fsp3) is 0.222. The standard InChI is InChI=1S/C18H17NO3S/c1-2-3-10-21-14-8-6-13(7-9-14)12-15-17(19-22-18(15)20)16-5-4-11-23-16/h4-9,11-12H,2-3,10H2,1H3/b15-12-. The Labute approximate surface area is 139 Å². The highest BCUT2D eigenvalue weighted by Crippen LogP contribution is 2.24. The van der Waals surface area contributed by atoms with Crippen LogP contribution in [0.25, 0.3) is 6.08 Å². The first kappa shape index (κ1) is 15.5. The quantitative estimate of drug-likeness (QED) is 0.452. The molecule has 2 aromatic rings. The molecule has 0 radical (unpaired) electrons. The van der Waals surface area contributed by atoms with Crippen LogP contribution in [0.3, 0.4) is 0 Å². The van der Waals surface area contributed by atoms with Gasteiger partial charge in [-0.15, -0.1) is 11.3 Å². The zero-order valence-corrected chi connectivity index (χ0v) is 13.6. The van der Waals surface area contributed by atoms with E-state index in [4.69, 9.17) is 9.57 Å². The molecule has 0 saturated carbocycles. The lowest BCUT2D eigenvalue weighted by atomic mass is 10.1. The van der Waals surface area contributed by atoms with Gasteiger partial charge in [0.05, 0.1) is 17.1 Å². The molecule has 0 atom stereocenters. The molecule has 23 heavy (non-hydrogen) atoms. The molecule has 0 fully saturated rings. The zero-order valence-electron chi connectivity index (χ0n) is 12.8. The first-order valence-corrected chi connectivity index (χ1v) is 8.44. The Balaban J connectivity index is 1.77. The predicted octanol–water partition coefficient (Wildman–Crippen LogP) is 4.27. The van der Waals surface area contributed by atoms with Crippen molar-refractivity contribution in [3.05, 3.63) is 57.8 Å². The van der Waals surface area contributed by atoms with Crippen molar-refractivity contribution in [1.29, 1.82) is 0 Å². The highest BCUT2D eigenvalue weighted by molar-refractivity contribution is 7.12. The highest BCUT2D eigenvalue weighted by atomic mass is 32.1. The molecule has 1 aromatic carbocycles. The predicted molar refractivity (Wildman–Crippen MR) is 91.8 cm³/mol. The van der Waals surface area contributed by atoms with E-state index in [0.717, 1.165) is 35.6 Å². The number of carbonyl (C=O) groups is 1. The summed E-state index contributed by atoms with van der Waals surface area (Å²) in [6.07, 6.45) is 3.94. The Morgan fingerprint density at radius 2 is 2.09 bits per heavy atom. The molecular weight excluding hydrogens is 310 g/mol. The summed E-state index contributed by atoms with van der Waals surface area (Å²) in [7, 11) is 0. The lowest BCUT2D eigenvalue weighted by Gasteiger charge is -2.05. The number of rotatable bonds is 6. The zero-order chi connectivity index (χ0) is 16.1. The van der Waals surface area contributed by atoms with E-state index in [0.29, 0.717) is 11.3 Å². The number of hydrogen-bond acceptors (Lipinski definition) is 5. The number of benzene rings is 1. The largest absolute Gasteiger partial charge is 0.494 e. The first-order chi connectivity index (χ1) is 11.3. The van der Waals surface area contributed by atoms with Crippen LogP contribution in [0.2, 0.25) is 0 Å². The Kier molecular flexibility index (Phi) is 4.88. The Morgan fingerprint density at radius 3 is 2.78 bits per heavy atom. The van der Waals surface area contributed by atoms with E-state index < -0.39 is 5.97 Å². The van der Waals surface area contributed by atoms with Crippen molar-refractivity contribution in [2.45, 2.75) is 19.8 Å². The van der Waals surface area contributed by atoms with Crippen LogP contribution in [-0.4, -0.2) is 18.3 Å². The summed E-state index contributed by atoms with van der Waals surface area (Å²) in [4.78, 5) is 17.6. The van der Waals surface area contributed by atoms with Gasteiger partial charge in [-0.1, -0.05) is 36.7 Å². The molecule has 0 saturated heterocycles. The molecule has 0 spiro atoms. The molecule has 3 rings (SSSR count). The SMILES string of the molecule is CCCCOc1ccc(/C=C2\C(=O)ON=C2c2cccs2)cc1. The van der Waals surface area contributed by atoms with Crippen LogP contribution in [0, 0.1) is 0 Å². The van der Waals surface area contributed by atoms with E-state index in [-0.39, 0.29) is 0 Å². The van der Waals surface area contributed by atoms with Gasteiger partial charge in [-0.2, -0.15) is 0 Å². The summed E-state index contributed by atoms with van der Waals surface area (Å²) in [5.41, 5.74) is 1.98. The number of thiophene rings is 1. The van der Waals surface area contributed by atoms with Crippen LogP contribution in [0.1, 0.15) is 30.2 Å². The fourth-order valence-corrected chi connectivity index (χ4v) is 2.88. The Hall–Kier alpha value is -2.40. The maximum Gasteiger partial charge on any atom is 0.368 e. The summed E-state index contributed by atoms with van der Waals surface area (Å²) >= 11 is 1.53. The van der Waals surface area contributed by atoms with E-state index in [9.17, 15) is 4.79 Å². The van der Waals surface area contributed by atoms with Crippen molar-refractivity contribution in [1.82, 2.24) is 0 Å². The van der Waals surface area contributed by atoms with E-state index >= 15 is 0 Å². The highest BCUT2D eigenvalue weighted by Gasteiger charge is 2.27. The fourth-order valence-electron chi connectivity index (χ4n) is 2.16. The maximum absolute atomic E-state index is 11.9. The van der Waals surface area contributed by atoms with Crippen molar-refractivity contribution in [2.75, 3.05) is 6.61 Å². The molecule has 0 unspecified atom stereocenters. The first-order valence-electron chi connectivity index (χ1n) is 7.56. The molecule has 118 valence electrons. The number of oxime groups is 1. The smallest absolute Gasteiger partial charge is 0.368 e. The minimum absolute atomic E-state index is 0.420. The Morgan fingerprint density at radius 1 is 1.26 bits per heavy atom. The molecule has 0 amide bonds. The monoisotopic (exact) mass is 327 g/mol. The van der Waals surface area contributed by atoms with Gasteiger partial charge in [0.1, 0.15) is 11.5 Å². The molecule has 0 aliphatic carbocycles. The van der Waals surface area contributed by atoms with Crippen LogP contribution in [0.4, 0.5) is 0 Å². The van der Waals surface area contributed by atoms with Gasteiger partial charge in [-0.25, -0.2) is 4.79 Å². The number of unbranched alkanes of at least 4 members (excludes halogenated alkanes) is 1. The van der Waals surface area contributed by atoms with Crippen LogP contribution in [0.5, 0.6) is 5.75 Å². The second-order valence-electron chi connectivity index (χ2n) is 5.13. The number of hydrogen-bond donors (Lipinski definition) is 0. The van der Waals surface area contributed by atoms with Gasteiger partial charge < -0.3 is 9.57 Å². The van der Waals surface area contributed by atoms with Crippen molar-refractivity contribution in [3.63, 3.8) is 0 Å². The molecule has 0 bridgehead atoms. The van der Waals surface area contributed by atoms with E-state index in [2.05, 4.69) is 12.1 Å². The Bertz CT molecular complexity index is 730. The third-order valence-corrected chi connectivity index (χ3v) is 4.28. The van der Waals surface area contributed by atoms with Gasteiger partial charge in [0, 0.05) is 0 Å². The molecular formula is C18H17NO3S. The van der Waals surface area contributed by atoms with Gasteiger partial charge in [0.15, 0.2) is 0 Å². The van der Waals surface area contributed by atoms with Crippen LogP contribution in [0.15, 0.2) is 52.5 Å². The molecule has 5 heteroatoms. The summed E-state index contributed by atoms with van der Waals surface area (Å²) < 4.78 is 5.64. The van der Waals surface area contributed by atoms with Gasteiger partial charge in [0.2, 0.25) is 0 Å². The van der Waals surface area contributed by atoms with Gasteiger partial charge >= 0.3 is 5.97 Å². The average Bonchev–Trinajstić information content (AvgIpc) is 3.20. The van der Waals surface area contributed by atoms with Gasteiger partial charge in [-0.3, -0.25) is 0 Å². The summed E-state index contributed by atoms with van der Waals surface area (Å²) in [5.74, 6) is 0.415. The van der Waals surface area contributed by atoms with Crippen LogP contribution >= 0.6 is 11.3 Å². The average molecular weight is 327 g/mol. The third-order valence-electron chi connectivity index (χ3n) is 3.41. The lowest BCUT2D eigenvalue weighted by molar-refractivity contribution is -0.136. The van der Waals surface area contributed by atoms with Gasteiger partial charge in [0.25, 0.3) is 0 Å². The van der Waals surface area contributed by atoms with Gasteiger partial charge in [-0.05, 0) is 41.6 Å². The van der Waals surface area contributed by atoms with E-state index in [1.165, 1.54) is 11.3 Å². The summed E-state index contributed by atoms with van der Waals surface area (Å²) in [6, 6.07) is 11.5. The molecule has 1 aromatic heterocycles. The molecule has 0 N–H and O–H groups in total. The third kappa shape index (κ3) is 3.68. The topological polar surface area (TPSA) is 47.9 Å². The number of nitrogens with zero attached hydrogens (tertiary/aromatic N) is 1.